The van der Waals surface area contributed by atoms with Gasteiger partial charge in [-0.15, -0.1) is 0 Å². The van der Waals surface area contributed by atoms with Gasteiger partial charge in [0.15, 0.2) is 0 Å². The smallest absolute Gasteiger partial charge is 0.251 e. The van der Waals surface area contributed by atoms with Crippen molar-refractivity contribution in [3.8, 4) is 5.69 Å². The van der Waals surface area contributed by atoms with E-state index < -0.39 is 5.91 Å². The van der Waals surface area contributed by atoms with Gasteiger partial charge in [-0.2, -0.15) is 5.10 Å². The molecular formula is C14H17ClN4O. The Morgan fingerprint density at radius 3 is 2.85 bits per heavy atom. The molecule has 0 bridgehead atoms. The largest absolute Gasteiger partial charge is 0.366 e. The Hall–Kier alpha value is -1.85. The number of rotatable bonds is 5. The highest BCUT2D eigenvalue weighted by atomic mass is 35.5. The van der Waals surface area contributed by atoms with Crippen LogP contribution in [0.4, 0.5) is 0 Å². The van der Waals surface area contributed by atoms with Gasteiger partial charge in [0.2, 0.25) is 0 Å². The Balaban J connectivity index is 2.37. The third-order valence-corrected chi connectivity index (χ3v) is 3.10. The first kappa shape index (κ1) is 14.6. The van der Waals surface area contributed by atoms with Gasteiger partial charge in [0.05, 0.1) is 17.4 Å². The maximum Gasteiger partial charge on any atom is 0.251 e. The lowest BCUT2D eigenvalue weighted by Crippen LogP contribution is -2.22. The monoisotopic (exact) mass is 292 g/mol. The van der Waals surface area contributed by atoms with Gasteiger partial charge >= 0.3 is 0 Å². The van der Waals surface area contributed by atoms with E-state index in [4.69, 9.17) is 17.3 Å². The van der Waals surface area contributed by atoms with Crippen molar-refractivity contribution >= 4 is 17.5 Å². The number of hydrogen-bond acceptors (Lipinski definition) is 3. The van der Waals surface area contributed by atoms with Gasteiger partial charge in [0, 0.05) is 23.8 Å². The van der Waals surface area contributed by atoms with Crippen LogP contribution in [-0.4, -0.2) is 21.7 Å². The van der Waals surface area contributed by atoms with Crippen LogP contribution in [0, 0.1) is 0 Å². The lowest BCUT2D eigenvalue weighted by atomic mass is 10.1. The first-order valence-corrected chi connectivity index (χ1v) is 6.72. The topological polar surface area (TPSA) is 72.9 Å². The fraction of sp³-hybridized carbons (Fsp3) is 0.286. The van der Waals surface area contributed by atoms with Gasteiger partial charge in [-0.1, -0.05) is 31.5 Å². The normalized spacial score (nSPS) is 11.0. The van der Waals surface area contributed by atoms with Gasteiger partial charge < -0.3 is 11.1 Å². The van der Waals surface area contributed by atoms with Crippen LogP contribution in [-0.2, 0) is 6.54 Å². The van der Waals surface area contributed by atoms with E-state index in [2.05, 4.69) is 24.3 Å². The highest BCUT2D eigenvalue weighted by Crippen LogP contribution is 2.20. The van der Waals surface area contributed by atoms with Crippen LogP contribution in [0.2, 0.25) is 5.02 Å². The molecule has 0 unspecified atom stereocenters. The number of benzene rings is 1. The van der Waals surface area contributed by atoms with E-state index in [-0.39, 0.29) is 0 Å². The van der Waals surface area contributed by atoms with E-state index in [1.165, 1.54) is 6.20 Å². The third kappa shape index (κ3) is 3.37. The van der Waals surface area contributed by atoms with Crippen LogP contribution < -0.4 is 11.1 Å². The van der Waals surface area contributed by atoms with Crippen LogP contribution >= 0.6 is 11.6 Å². The molecule has 1 amide bonds. The fourth-order valence-electron chi connectivity index (χ4n) is 1.80. The molecule has 2 rings (SSSR count). The van der Waals surface area contributed by atoms with Crippen LogP contribution in [0.5, 0.6) is 0 Å². The zero-order valence-electron chi connectivity index (χ0n) is 11.4. The second-order valence-electron chi connectivity index (χ2n) is 4.85. The summed E-state index contributed by atoms with van der Waals surface area (Å²) in [6, 6.07) is 5.97. The summed E-state index contributed by atoms with van der Waals surface area (Å²) in [6.07, 6.45) is 3.05. The zero-order valence-corrected chi connectivity index (χ0v) is 12.2. The van der Waals surface area contributed by atoms with E-state index in [1.54, 1.807) is 10.9 Å². The second-order valence-corrected chi connectivity index (χ2v) is 5.28. The molecule has 0 saturated heterocycles. The molecule has 1 heterocycles. The molecule has 0 saturated carbocycles. The Bertz CT molecular complexity index is 621. The summed E-state index contributed by atoms with van der Waals surface area (Å²) in [5.41, 5.74) is 7.48. The zero-order chi connectivity index (χ0) is 14.7. The molecule has 20 heavy (non-hydrogen) atoms. The molecule has 0 fully saturated rings. The Morgan fingerprint density at radius 1 is 1.50 bits per heavy atom. The number of nitrogens with one attached hydrogen (secondary N) is 1. The van der Waals surface area contributed by atoms with Gasteiger partial charge in [0.25, 0.3) is 5.91 Å². The fourth-order valence-corrected chi connectivity index (χ4v) is 1.96. The van der Waals surface area contributed by atoms with Gasteiger partial charge in [0.1, 0.15) is 0 Å². The third-order valence-electron chi connectivity index (χ3n) is 2.86. The molecule has 0 spiro atoms. The van der Waals surface area contributed by atoms with Crippen molar-refractivity contribution in [2.24, 2.45) is 5.73 Å². The summed E-state index contributed by atoms with van der Waals surface area (Å²) in [5.74, 6) is -0.500. The van der Waals surface area contributed by atoms with E-state index in [0.717, 1.165) is 11.3 Å². The van der Waals surface area contributed by atoms with Crippen molar-refractivity contribution in [3.05, 3.63) is 46.7 Å². The molecule has 6 heteroatoms. The van der Waals surface area contributed by atoms with Crippen LogP contribution in [0.1, 0.15) is 29.8 Å². The van der Waals surface area contributed by atoms with E-state index >= 15 is 0 Å². The number of carbonyl (C=O) groups is 1. The number of primary amides is 1. The number of nitrogens with zero attached hydrogens (tertiary/aromatic N) is 2. The number of aromatic nitrogens is 2. The van der Waals surface area contributed by atoms with E-state index in [9.17, 15) is 4.79 Å². The van der Waals surface area contributed by atoms with Crippen molar-refractivity contribution in [2.75, 3.05) is 0 Å². The maximum atomic E-state index is 11.1. The van der Waals surface area contributed by atoms with Crippen LogP contribution in [0.25, 0.3) is 5.69 Å². The first-order valence-electron chi connectivity index (χ1n) is 6.34. The van der Waals surface area contributed by atoms with Crippen LogP contribution in [0.15, 0.2) is 30.6 Å². The quantitative estimate of drug-likeness (QED) is 0.886. The molecular weight excluding hydrogens is 276 g/mol. The van der Waals surface area contributed by atoms with Crippen molar-refractivity contribution < 1.29 is 4.79 Å². The van der Waals surface area contributed by atoms with E-state index in [0.29, 0.717) is 23.2 Å². The van der Waals surface area contributed by atoms with Crippen LogP contribution in [0.3, 0.4) is 0 Å². The first-order chi connectivity index (χ1) is 9.47. The van der Waals surface area contributed by atoms with Crippen molar-refractivity contribution in [2.45, 2.75) is 26.4 Å². The number of halogens is 1. The van der Waals surface area contributed by atoms with E-state index in [1.807, 2.05) is 18.2 Å². The van der Waals surface area contributed by atoms with Gasteiger partial charge in [-0.3, -0.25) is 4.79 Å². The SMILES string of the molecule is CC(C)NCc1ccc(Cl)cc1-n1cc(C(N)=O)cn1. The summed E-state index contributed by atoms with van der Waals surface area (Å²) < 4.78 is 1.61. The Morgan fingerprint density at radius 2 is 2.25 bits per heavy atom. The minimum Gasteiger partial charge on any atom is -0.366 e. The minimum absolute atomic E-state index is 0.368. The standard InChI is InChI=1S/C14H17ClN4O/c1-9(2)17-6-10-3-4-12(15)5-13(10)19-8-11(7-18-19)14(16)20/h3-5,7-9,17H,6H2,1-2H3,(H2,16,20). The average molecular weight is 293 g/mol. The number of hydrogen-bond donors (Lipinski definition) is 2. The molecule has 106 valence electrons. The van der Waals surface area contributed by atoms with Gasteiger partial charge in [-0.05, 0) is 17.7 Å². The molecule has 1 aromatic heterocycles. The molecule has 2 aromatic rings. The van der Waals surface area contributed by atoms with Crippen molar-refractivity contribution in [3.63, 3.8) is 0 Å². The average Bonchev–Trinajstić information content (AvgIpc) is 2.86. The maximum absolute atomic E-state index is 11.1. The predicted molar refractivity (Wildman–Crippen MR) is 79.1 cm³/mol. The molecule has 0 aliphatic rings. The highest BCUT2D eigenvalue weighted by Gasteiger charge is 2.10. The van der Waals surface area contributed by atoms with Crippen molar-refractivity contribution in [1.82, 2.24) is 15.1 Å². The molecule has 0 aliphatic heterocycles. The molecule has 0 radical (unpaired) electrons. The highest BCUT2D eigenvalue weighted by molar-refractivity contribution is 6.30. The van der Waals surface area contributed by atoms with Gasteiger partial charge in [-0.25, -0.2) is 4.68 Å². The summed E-state index contributed by atoms with van der Waals surface area (Å²) >= 11 is 6.05. The Kier molecular flexibility index (Phi) is 4.42. The summed E-state index contributed by atoms with van der Waals surface area (Å²) in [6.45, 7) is 4.85. The Labute approximate surface area is 122 Å². The lowest BCUT2D eigenvalue weighted by molar-refractivity contribution is 0.100. The second kappa shape index (κ2) is 6.07. The number of amides is 1. The summed E-state index contributed by atoms with van der Waals surface area (Å²) in [7, 11) is 0. The molecule has 5 nitrogen and oxygen atoms in total. The minimum atomic E-state index is -0.500. The molecule has 0 atom stereocenters. The lowest BCUT2D eigenvalue weighted by Gasteiger charge is -2.13. The number of carbonyl (C=O) groups excluding carboxylic acids is 1. The van der Waals surface area contributed by atoms with Crippen molar-refractivity contribution in [1.29, 1.82) is 0 Å². The predicted octanol–water partition coefficient (Wildman–Crippen LogP) is 2.12. The molecule has 0 aliphatic carbocycles. The molecule has 1 aromatic carbocycles. The summed E-state index contributed by atoms with van der Waals surface area (Å²) in [5, 5.41) is 8.13. The summed E-state index contributed by atoms with van der Waals surface area (Å²) in [4.78, 5) is 11.1. The molecule has 3 N–H and O–H groups in total. The number of nitrogens with two attached hydrogens (primary N) is 1.